The van der Waals surface area contributed by atoms with Crippen molar-refractivity contribution in [1.29, 1.82) is 0 Å². The van der Waals surface area contributed by atoms with Crippen LogP contribution in [0.2, 0.25) is 0 Å². The van der Waals surface area contributed by atoms with E-state index in [1.807, 2.05) is 121 Å². The predicted molar refractivity (Wildman–Crippen MR) is 475 cm³/mol. The Kier molecular flexibility index (Phi) is 22.4. The van der Waals surface area contributed by atoms with Gasteiger partial charge in [0.05, 0.1) is 72.0 Å². The summed E-state index contributed by atoms with van der Waals surface area (Å²) in [6.07, 6.45) is 16.0. The third kappa shape index (κ3) is 16.2. The van der Waals surface area contributed by atoms with Crippen LogP contribution in [0.15, 0.2) is 308 Å². The first-order chi connectivity index (χ1) is 57.3. The van der Waals surface area contributed by atoms with Gasteiger partial charge in [-0.05, 0) is 191 Å². The van der Waals surface area contributed by atoms with Crippen molar-refractivity contribution in [3.05, 3.63) is 290 Å². The minimum Gasteiger partial charge on any atom is -0.491 e. The fraction of sp³-hybridized carbons (Fsp3) is 0.160. The van der Waals surface area contributed by atoms with Gasteiger partial charge in [0.1, 0.15) is 45.7 Å². The number of H-pyrrole nitrogens is 2. The molecule has 0 saturated heterocycles. The van der Waals surface area contributed by atoms with Gasteiger partial charge in [0.15, 0.2) is 0 Å². The Morgan fingerprint density at radius 1 is 0.250 bits per heavy atom. The van der Waals surface area contributed by atoms with Gasteiger partial charge in [-0.25, -0.2) is 9.97 Å². The summed E-state index contributed by atoms with van der Waals surface area (Å²) < 4.78 is 25.7. The van der Waals surface area contributed by atoms with Gasteiger partial charge in [0, 0.05) is 65.9 Å². The van der Waals surface area contributed by atoms with Gasteiger partial charge < -0.3 is 28.9 Å². The van der Waals surface area contributed by atoms with Crippen LogP contribution in [0.1, 0.15) is 102 Å². The lowest BCUT2D eigenvalue weighted by Gasteiger charge is -2.11. The summed E-state index contributed by atoms with van der Waals surface area (Å²) in [6.45, 7) is 10.9. The number of hydrogen-bond acceptors (Lipinski definition) is 14. The Labute approximate surface area is 673 Å². The van der Waals surface area contributed by atoms with Crippen molar-refractivity contribution in [3.63, 3.8) is 0 Å². The summed E-state index contributed by atoms with van der Waals surface area (Å²) in [4.78, 5) is 19.5. The number of benzene rings is 12. The molecule has 116 heavy (non-hydrogen) atoms. The van der Waals surface area contributed by atoms with Crippen molar-refractivity contribution in [2.24, 2.45) is 40.9 Å². The van der Waals surface area contributed by atoms with Gasteiger partial charge in [0.25, 0.3) is 0 Å². The highest BCUT2D eigenvalue weighted by Gasteiger charge is 2.22. The number of ether oxygens (including phenoxy) is 4. The highest BCUT2D eigenvalue weighted by molar-refractivity contribution is 6.03. The van der Waals surface area contributed by atoms with Crippen molar-refractivity contribution in [1.82, 2.24) is 19.9 Å². The molecule has 2 aliphatic rings. The summed E-state index contributed by atoms with van der Waals surface area (Å²) in [5.74, 6) is 2.71. The second-order valence-electron chi connectivity index (χ2n) is 28.8. The first-order valence-corrected chi connectivity index (χ1v) is 40.2. The maximum Gasteiger partial charge on any atom is 0.147 e. The number of aromatic nitrogens is 4. The SMILES string of the molecule is CCCCOc1ccc2ccccc2c1N=Nc1cccc(-c2c3nc(c(-c4cccc(N=Nc5c(OCCCC)ccc6ccccc56)c4)c4ccc([nH]4)c(-c4cccc(N=Nc5c(OCCCC)ccc6ccccc56)c4)c4nc(c(-c5cccc(N=Nc6c(OCCCC)ccc7ccccc67)c5)c5ccc2[nH]5)C=C4)C=C3)c1. The maximum atomic E-state index is 6.42. The first-order valence-electron chi connectivity index (χ1n) is 40.2. The molecule has 0 amide bonds. The summed E-state index contributed by atoms with van der Waals surface area (Å²) in [6, 6.07) is 90.3. The van der Waals surface area contributed by atoms with Crippen LogP contribution in [0.4, 0.5) is 45.5 Å². The molecule has 16 nitrogen and oxygen atoms in total. The number of hydrogen-bond donors (Lipinski definition) is 2. The van der Waals surface area contributed by atoms with E-state index in [0.717, 1.165) is 161 Å². The number of azo groups is 4. The molecule has 16 heteroatoms. The number of unbranched alkanes of at least 4 members (excludes halogenated alkanes) is 4. The highest BCUT2D eigenvalue weighted by Crippen LogP contribution is 2.46. The first kappa shape index (κ1) is 74.6. The van der Waals surface area contributed by atoms with Gasteiger partial charge in [0.2, 0.25) is 0 Å². The van der Waals surface area contributed by atoms with Crippen LogP contribution in [0.5, 0.6) is 23.0 Å². The van der Waals surface area contributed by atoms with Crippen molar-refractivity contribution in [2.75, 3.05) is 26.4 Å². The molecule has 0 aliphatic carbocycles. The van der Waals surface area contributed by atoms with E-state index in [9.17, 15) is 0 Å². The molecular weight excluding hydrogens is 1430 g/mol. The molecular formula is C100H86N12O4. The Morgan fingerprint density at radius 3 is 0.733 bits per heavy atom. The fourth-order valence-corrected chi connectivity index (χ4v) is 14.9. The van der Waals surface area contributed by atoms with Crippen LogP contribution in [0.25, 0.3) is 134 Å². The van der Waals surface area contributed by atoms with Crippen LogP contribution in [-0.4, -0.2) is 46.4 Å². The van der Waals surface area contributed by atoms with Gasteiger partial charge >= 0.3 is 0 Å². The number of aromatic amines is 2. The van der Waals surface area contributed by atoms with Crippen LogP contribution < -0.4 is 18.9 Å². The zero-order valence-electron chi connectivity index (χ0n) is 65.3. The quantitative estimate of drug-likeness (QED) is 0.0362. The van der Waals surface area contributed by atoms with E-state index in [2.05, 4.69) is 208 Å². The third-order valence-corrected chi connectivity index (χ3v) is 20.8. The van der Waals surface area contributed by atoms with Crippen LogP contribution in [0, 0.1) is 0 Å². The smallest absolute Gasteiger partial charge is 0.147 e. The van der Waals surface area contributed by atoms with E-state index in [0.29, 0.717) is 118 Å². The second kappa shape index (κ2) is 34.9. The molecule has 2 aliphatic heterocycles. The Bertz CT molecular complexity index is 5810. The molecule has 0 saturated carbocycles. The Morgan fingerprint density at radius 2 is 0.491 bits per heavy atom. The number of fused-ring (bicyclic) bond motifs is 12. The van der Waals surface area contributed by atoms with Crippen molar-refractivity contribution >= 4 is 135 Å². The number of nitrogens with one attached hydrogen (secondary N) is 2. The van der Waals surface area contributed by atoms with E-state index in [1.54, 1.807) is 0 Å². The molecule has 12 aromatic carbocycles. The van der Waals surface area contributed by atoms with Gasteiger partial charge in [-0.2, -0.15) is 20.5 Å². The molecule has 5 heterocycles. The van der Waals surface area contributed by atoms with Gasteiger partial charge in [-0.3, -0.25) is 0 Å². The van der Waals surface area contributed by atoms with Gasteiger partial charge in [-0.1, -0.05) is 223 Å². The molecule has 8 bridgehead atoms. The zero-order valence-corrected chi connectivity index (χ0v) is 65.3. The molecule has 0 radical (unpaired) electrons. The standard InChI is InChI=1S/C100H86N12O4/c1-5-9-57-113-89-53-41-65-25-13-17-37-77(65)97(89)109-105-73-33-21-29-69(61-73)93-81-45-47-83(101-81)94(70-30-22-34-74(62-70)106-110-98-78-38-18-14-26-66(78)42-54-90(98)114-58-10-6-2)85-49-51-87(103-85)96(72-32-24-36-76(64-72)108-112-100-80-40-20-16-28-68(80)44-56-92(100)116-60-12-8-4)88-52-50-86(104-88)95(84-48-46-82(93)102-84)71-31-23-35-75(63-71)107-111-99-79-39-19-15-27-67(79)43-55-91(99)115-59-11-7-3/h13-56,61-64,101,104H,5-12,57-60H2,1-4H3. The largest absolute Gasteiger partial charge is 0.491 e. The van der Waals surface area contributed by atoms with Crippen LogP contribution in [0.3, 0.4) is 0 Å². The lowest BCUT2D eigenvalue weighted by Crippen LogP contribution is -1.96. The predicted octanol–water partition coefficient (Wildman–Crippen LogP) is 30.3. The minimum absolute atomic E-state index is 0.564. The minimum atomic E-state index is 0.564. The normalized spacial score (nSPS) is 12.2. The number of rotatable bonds is 28. The molecule has 0 atom stereocenters. The highest BCUT2D eigenvalue weighted by atomic mass is 16.5. The molecule has 2 N–H and O–H groups in total. The molecule has 17 rings (SSSR count). The van der Waals surface area contributed by atoms with E-state index in [1.165, 1.54) is 0 Å². The van der Waals surface area contributed by atoms with Gasteiger partial charge in [-0.15, -0.1) is 20.5 Å². The third-order valence-electron chi connectivity index (χ3n) is 20.8. The van der Waals surface area contributed by atoms with Crippen LogP contribution in [-0.2, 0) is 0 Å². The summed E-state index contributed by atoms with van der Waals surface area (Å²) in [7, 11) is 0. The topological polar surface area (TPSA) is 193 Å². The average molecular weight is 1520 g/mol. The monoisotopic (exact) mass is 1520 g/mol. The van der Waals surface area contributed by atoms with E-state index >= 15 is 0 Å². The molecule has 3 aromatic heterocycles. The molecule has 0 spiro atoms. The molecule has 0 unspecified atom stereocenters. The molecule has 570 valence electrons. The van der Waals surface area contributed by atoms with Crippen molar-refractivity contribution in [3.8, 4) is 67.5 Å². The van der Waals surface area contributed by atoms with Crippen LogP contribution >= 0.6 is 0 Å². The van der Waals surface area contributed by atoms with E-state index in [-0.39, 0.29) is 0 Å². The summed E-state index contributed by atoms with van der Waals surface area (Å²) in [5.41, 5.74) is 17.8. The molecule has 0 fully saturated rings. The lowest BCUT2D eigenvalue weighted by molar-refractivity contribution is 0.310. The van der Waals surface area contributed by atoms with Crippen molar-refractivity contribution in [2.45, 2.75) is 79.1 Å². The van der Waals surface area contributed by atoms with E-state index < -0.39 is 0 Å². The Balaban J connectivity index is 0.888. The lowest BCUT2D eigenvalue weighted by atomic mass is 10.0. The second-order valence-corrected chi connectivity index (χ2v) is 28.8. The van der Waals surface area contributed by atoms with Crippen molar-refractivity contribution < 1.29 is 18.9 Å². The summed E-state index contributed by atoms with van der Waals surface area (Å²) in [5, 5.41) is 48.1. The fourth-order valence-electron chi connectivity index (χ4n) is 14.9. The average Bonchev–Trinajstić information content (AvgIpc) is 1.64. The summed E-state index contributed by atoms with van der Waals surface area (Å²) >= 11 is 0. The Hall–Kier alpha value is -14.1. The number of nitrogens with zero attached hydrogens (tertiary/aromatic N) is 10. The zero-order chi connectivity index (χ0) is 78.5. The maximum absolute atomic E-state index is 6.42. The van der Waals surface area contributed by atoms with E-state index in [4.69, 9.17) is 69.8 Å². The molecule has 15 aromatic rings.